The van der Waals surface area contributed by atoms with Crippen molar-refractivity contribution in [2.24, 2.45) is 5.84 Å². The quantitative estimate of drug-likeness (QED) is 0.580. The van der Waals surface area contributed by atoms with Crippen LogP contribution in [0.4, 0.5) is 10.8 Å². The van der Waals surface area contributed by atoms with Gasteiger partial charge in [-0.3, -0.25) is 10.6 Å². The largest absolute Gasteiger partial charge is 0.323 e. The van der Waals surface area contributed by atoms with Crippen molar-refractivity contribution in [3.05, 3.63) is 35.3 Å². The zero-order chi connectivity index (χ0) is 14.2. The van der Waals surface area contributed by atoms with Gasteiger partial charge in [0, 0.05) is 11.3 Å². The van der Waals surface area contributed by atoms with Crippen LogP contribution in [0, 0.1) is 0 Å². The Balaban J connectivity index is 1.87. The Kier molecular flexibility index (Phi) is 3.36. The number of benzene rings is 1. The van der Waals surface area contributed by atoms with E-state index in [9.17, 15) is 8.42 Å². The minimum Gasteiger partial charge on any atom is -0.323 e. The number of nitrogen functional groups attached to an aromatic ring is 1. The van der Waals surface area contributed by atoms with Gasteiger partial charge in [-0.05, 0) is 25.0 Å². The van der Waals surface area contributed by atoms with Crippen molar-refractivity contribution in [2.75, 3.05) is 10.1 Å². The predicted molar refractivity (Wildman–Crippen MR) is 79.1 cm³/mol. The molecule has 0 aliphatic heterocycles. The zero-order valence-corrected chi connectivity index (χ0v) is 12.2. The van der Waals surface area contributed by atoms with Gasteiger partial charge in [0.25, 0.3) is 10.0 Å². The highest BCUT2D eigenvalue weighted by Gasteiger charge is 2.27. The van der Waals surface area contributed by atoms with Gasteiger partial charge in [0.1, 0.15) is 4.90 Å². The molecule has 0 atom stereocenters. The number of sulfonamides is 1. The van der Waals surface area contributed by atoms with Gasteiger partial charge in [-0.25, -0.2) is 13.4 Å². The van der Waals surface area contributed by atoms with Gasteiger partial charge in [0.05, 0.1) is 11.4 Å². The van der Waals surface area contributed by atoms with Crippen LogP contribution in [0.1, 0.15) is 24.5 Å². The summed E-state index contributed by atoms with van der Waals surface area (Å²) in [5, 5.41) is 2.29. The molecule has 1 aromatic carbocycles. The topological polar surface area (TPSA) is 97.1 Å². The number of aromatic nitrogens is 1. The Labute approximate surface area is 121 Å². The number of nitrogens with zero attached hydrogens (tertiary/aromatic N) is 1. The molecular formula is C12H14N4O2S2. The Hall–Kier alpha value is -1.64. The normalized spacial score (nSPS) is 15.1. The fourth-order valence-corrected chi connectivity index (χ4v) is 4.11. The van der Waals surface area contributed by atoms with Crippen LogP contribution >= 0.6 is 11.3 Å². The molecule has 4 N–H and O–H groups in total. The number of anilines is 2. The van der Waals surface area contributed by atoms with E-state index in [1.807, 2.05) is 5.38 Å². The molecule has 20 heavy (non-hydrogen) atoms. The summed E-state index contributed by atoms with van der Waals surface area (Å²) in [6.45, 7) is 0. The second-order valence-corrected chi connectivity index (χ2v) is 7.11. The summed E-state index contributed by atoms with van der Waals surface area (Å²) in [4.78, 5) is 4.42. The van der Waals surface area contributed by atoms with Crippen LogP contribution in [-0.2, 0) is 10.0 Å². The third-order valence-electron chi connectivity index (χ3n) is 3.07. The fourth-order valence-electron chi connectivity index (χ4n) is 1.89. The van der Waals surface area contributed by atoms with Crippen LogP contribution < -0.4 is 16.0 Å². The molecule has 1 aliphatic carbocycles. The second kappa shape index (κ2) is 5.04. The molecule has 0 saturated heterocycles. The first kappa shape index (κ1) is 13.3. The van der Waals surface area contributed by atoms with Crippen molar-refractivity contribution in [1.29, 1.82) is 0 Å². The molecule has 1 fully saturated rings. The van der Waals surface area contributed by atoms with Crippen LogP contribution in [-0.4, -0.2) is 13.4 Å². The van der Waals surface area contributed by atoms with Crippen LogP contribution in [0.2, 0.25) is 0 Å². The first-order valence-electron chi connectivity index (χ1n) is 6.14. The van der Waals surface area contributed by atoms with Crippen LogP contribution in [0.3, 0.4) is 0 Å². The summed E-state index contributed by atoms with van der Waals surface area (Å²) < 4.78 is 27.2. The van der Waals surface area contributed by atoms with E-state index in [1.165, 1.54) is 17.4 Å². The molecule has 0 radical (unpaired) electrons. The number of para-hydroxylation sites is 1. The van der Waals surface area contributed by atoms with Gasteiger partial charge in [0.2, 0.25) is 0 Å². The third kappa shape index (κ3) is 2.62. The highest BCUT2D eigenvalue weighted by Crippen LogP contribution is 2.41. The lowest BCUT2D eigenvalue weighted by molar-refractivity contribution is 0.601. The van der Waals surface area contributed by atoms with Crippen molar-refractivity contribution < 1.29 is 8.42 Å². The van der Waals surface area contributed by atoms with Crippen LogP contribution in [0.25, 0.3) is 0 Å². The second-order valence-electron chi connectivity index (χ2n) is 4.60. The lowest BCUT2D eigenvalue weighted by Gasteiger charge is -2.09. The van der Waals surface area contributed by atoms with Crippen LogP contribution in [0.15, 0.2) is 34.5 Å². The van der Waals surface area contributed by atoms with Crippen molar-refractivity contribution in [3.8, 4) is 0 Å². The Bertz CT molecular complexity index is 723. The summed E-state index contributed by atoms with van der Waals surface area (Å²) in [7, 11) is -3.69. The average Bonchev–Trinajstić information content (AvgIpc) is 3.20. The maximum Gasteiger partial charge on any atom is 0.265 e. The highest BCUT2D eigenvalue weighted by atomic mass is 32.2. The first-order valence-corrected chi connectivity index (χ1v) is 8.50. The van der Waals surface area contributed by atoms with E-state index < -0.39 is 10.0 Å². The molecule has 8 heteroatoms. The van der Waals surface area contributed by atoms with Crippen molar-refractivity contribution in [1.82, 2.24) is 4.98 Å². The molecule has 2 aromatic rings. The molecule has 1 saturated carbocycles. The highest BCUT2D eigenvalue weighted by molar-refractivity contribution is 7.93. The smallest absolute Gasteiger partial charge is 0.265 e. The average molecular weight is 310 g/mol. The molecule has 3 rings (SSSR count). The summed E-state index contributed by atoms with van der Waals surface area (Å²) in [5.74, 6) is 5.84. The fraction of sp³-hybridized carbons (Fsp3) is 0.250. The summed E-state index contributed by atoms with van der Waals surface area (Å²) in [5.41, 5.74) is 3.70. The monoisotopic (exact) mass is 310 g/mol. The maximum atomic E-state index is 12.3. The van der Waals surface area contributed by atoms with Gasteiger partial charge in [-0.2, -0.15) is 0 Å². The van der Waals surface area contributed by atoms with E-state index in [4.69, 9.17) is 5.84 Å². The lowest BCUT2D eigenvalue weighted by Crippen LogP contribution is -2.17. The number of nitrogens with one attached hydrogen (secondary N) is 2. The molecule has 0 bridgehead atoms. The molecule has 1 aliphatic rings. The standard InChI is InChI=1S/C12H14N4O2S2/c13-15-9-3-1-2-4-11(9)20(17,18)16-12-14-10(7-19-12)8-5-6-8/h1-4,7-8,15H,5-6,13H2,(H,14,16). The third-order valence-corrected chi connectivity index (χ3v) is 5.37. The van der Waals surface area contributed by atoms with E-state index in [1.54, 1.807) is 18.2 Å². The zero-order valence-electron chi connectivity index (χ0n) is 10.5. The van der Waals surface area contributed by atoms with Crippen LogP contribution in [0.5, 0.6) is 0 Å². The predicted octanol–water partition coefficient (Wildman–Crippen LogP) is 2.11. The number of thiazole rings is 1. The number of hydrogen-bond donors (Lipinski definition) is 3. The number of hydrogen-bond acceptors (Lipinski definition) is 6. The van der Waals surface area contributed by atoms with Gasteiger partial charge in [-0.15, -0.1) is 11.3 Å². The number of hydrazine groups is 1. The summed E-state index contributed by atoms with van der Waals surface area (Å²) in [6.07, 6.45) is 2.27. The molecule has 1 heterocycles. The minimum absolute atomic E-state index is 0.102. The Morgan fingerprint density at radius 2 is 2.05 bits per heavy atom. The Morgan fingerprint density at radius 1 is 1.30 bits per heavy atom. The molecule has 0 unspecified atom stereocenters. The van der Waals surface area contributed by atoms with E-state index in [-0.39, 0.29) is 4.90 Å². The van der Waals surface area contributed by atoms with Gasteiger partial charge in [-0.1, -0.05) is 12.1 Å². The van der Waals surface area contributed by atoms with E-state index in [0.29, 0.717) is 16.7 Å². The van der Waals surface area contributed by atoms with E-state index in [0.717, 1.165) is 18.5 Å². The molecular weight excluding hydrogens is 296 g/mol. The molecule has 1 aromatic heterocycles. The van der Waals surface area contributed by atoms with Gasteiger partial charge in [0.15, 0.2) is 5.13 Å². The summed E-state index contributed by atoms with van der Waals surface area (Å²) in [6, 6.07) is 6.45. The minimum atomic E-state index is -3.69. The number of rotatable bonds is 5. The molecule has 6 nitrogen and oxygen atoms in total. The first-order chi connectivity index (χ1) is 9.60. The summed E-state index contributed by atoms with van der Waals surface area (Å²) >= 11 is 1.30. The SMILES string of the molecule is NNc1ccccc1S(=O)(=O)Nc1nc(C2CC2)cs1. The number of nitrogens with two attached hydrogens (primary N) is 1. The van der Waals surface area contributed by atoms with Crippen molar-refractivity contribution in [3.63, 3.8) is 0 Å². The van der Waals surface area contributed by atoms with Gasteiger partial charge >= 0.3 is 0 Å². The van der Waals surface area contributed by atoms with Crippen molar-refractivity contribution in [2.45, 2.75) is 23.7 Å². The lowest BCUT2D eigenvalue weighted by atomic mass is 10.3. The van der Waals surface area contributed by atoms with E-state index >= 15 is 0 Å². The molecule has 0 spiro atoms. The van der Waals surface area contributed by atoms with Gasteiger partial charge < -0.3 is 5.43 Å². The van der Waals surface area contributed by atoms with Crippen molar-refractivity contribution >= 4 is 32.2 Å². The maximum absolute atomic E-state index is 12.3. The van der Waals surface area contributed by atoms with E-state index in [2.05, 4.69) is 15.1 Å². The molecule has 106 valence electrons. The Morgan fingerprint density at radius 3 is 2.75 bits per heavy atom. The molecule has 0 amide bonds.